The minimum absolute atomic E-state index is 0.316. The minimum atomic E-state index is 0.316. The third kappa shape index (κ3) is 4.38. The van der Waals surface area contributed by atoms with Crippen LogP contribution in [0.5, 0.6) is 0 Å². The van der Waals surface area contributed by atoms with Crippen molar-refractivity contribution < 1.29 is 0 Å². The Morgan fingerprint density at radius 3 is 2.30 bits per heavy atom. The molecule has 0 bridgehead atoms. The van der Waals surface area contributed by atoms with Crippen LogP contribution in [0.15, 0.2) is 18.2 Å². The molecule has 1 saturated carbocycles. The fraction of sp³-hybridized carbons (Fsp3) is 0.647. The van der Waals surface area contributed by atoms with E-state index in [-0.39, 0.29) is 0 Å². The van der Waals surface area contributed by atoms with Crippen LogP contribution >= 0.6 is 23.2 Å². The predicted molar refractivity (Wildman–Crippen MR) is 91.1 cm³/mol. The summed E-state index contributed by atoms with van der Waals surface area (Å²) >= 11 is 12.2. The average molecular weight is 316 g/mol. The van der Waals surface area contributed by atoms with E-state index in [4.69, 9.17) is 23.2 Å². The van der Waals surface area contributed by atoms with Gasteiger partial charge in [0.25, 0.3) is 0 Å². The van der Waals surface area contributed by atoms with E-state index in [1.165, 1.54) is 37.7 Å². The molecule has 0 atom stereocenters. The second-order valence-electron chi connectivity index (χ2n) is 5.22. The number of hydrogen-bond donors (Lipinski definition) is 1. The smallest absolute Gasteiger partial charge is 0.0595 e. The normalized spacial score (nSPS) is 16.6. The molecule has 1 aliphatic carbocycles. The molecule has 20 heavy (non-hydrogen) atoms. The summed E-state index contributed by atoms with van der Waals surface area (Å²) in [4.78, 5) is 0. The monoisotopic (exact) mass is 315 g/mol. The summed E-state index contributed by atoms with van der Waals surface area (Å²) in [5.74, 6) is 0. The zero-order chi connectivity index (χ0) is 15.0. The van der Waals surface area contributed by atoms with E-state index in [2.05, 4.69) is 24.4 Å². The molecule has 0 saturated heterocycles. The van der Waals surface area contributed by atoms with Crippen molar-refractivity contribution in [3.63, 3.8) is 0 Å². The summed E-state index contributed by atoms with van der Waals surface area (Å²) in [5, 5.41) is 4.77. The van der Waals surface area contributed by atoms with Crippen molar-refractivity contribution in [1.82, 2.24) is 5.32 Å². The maximum atomic E-state index is 6.17. The van der Waals surface area contributed by atoms with Gasteiger partial charge >= 0.3 is 0 Å². The van der Waals surface area contributed by atoms with Gasteiger partial charge in [0.15, 0.2) is 0 Å². The van der Waals surface area contributed by atoms with Gasteiger partial charge in [-0.2, -0.15) is 0 Å². The number of nitrogens with one attached hydrogen (secondary N) is 1. The Morgan fingerprint density at radius 1 is 1.10 bits per heavy atom. The molecule has 1 aromatic rings. The highest BCUT2D eigenvalue weighted by Gasteiger charge is 2.35. The lowest BCUT2D eigenvalue weighted by molar-refractivity contribution is 0.395. The summed E-state index contributed by atoms with van der Waals surface area (Å²) in [6.07, 6.45) is 6.39. The Kier molecular flexibility index (Phi) is 7.94. The van der Waals surface area contributed by atoms with Gasteiger partial charge < -0.3 is 5.32 Å². The van der Waals surface area contributed by atoms with Crippen molar-refractivity contribution in [1.29, 1.82) is 0 Å². The lowest BCUT2D eigenvalue weighted by Crippen LogP contribution is -2.28. The molecule has 0 unspecified atom stereocenters. The highest BCUT2D eigenvalue weighted by Crippen LogP contribution is 2.44. The van der Waals surface area contributed by atoms with E-state index in [0.29, 0.717) is 15.5 Å². The van der Waals surface area contributed by atoms with Gasteiger partial charge in [0.2, 0.25) is 0 Å². The molecule has 1 aromatic carbocycles. The highest BCUT2D eigenvalue weighted by atomic mass is 35.5. The Hall–Kier alpha value is -0.240. The average Bonchev–Trinajstić information content (AvgIpc) is 2.94. The van der Waals surface area contributed by atoms with Gasteiger partial charge in [0.05, 0.1) is 10.0 Å². The van der Waals surface area contributed by atoms with Crippen molar-refractivity contribution in [3.05, 3.63) is 33.8 Å². The van der Waals surface area contributed by atoms with Crippen molar-refractivity contribution in [2.45, 2.75) is 58.3 Å². The fourth-order valence-corrected chi connectivity index (χ4v) is 3.36. The van der Waals surface area contributed by atoms with Crippen LogP contribution in [0.3, 0.4) is 0 Å². The Morgan fingerprint density at radius 2 is 1.75 bits per heavy atom. The first-order valence-corrected chi connectivity index (χ1v) is 8.60. The van der Waals surface area contributed by atoms with Crippen molar-refractivity contribution >= 4 is 23.2 Å². The molecule has 0 aliphatic heterocycles. The van der Waals surface area contributed by atoms with E-state index in [0.717, 1.165) is 13.1 Å². The number of rotatable bonds is 5. The molecule has 114 valence electrons. The zero-order valence-corrected chi connectivity index (χ0v) is 14.4. The van der Waals surface area contributed by atoms with E-state index in [1.54, 1.807) is 0 Å². The molecule has 3 heteroatoms. The standard InChI is InChI=1S/C15H21Cl2N.C2H6/c1-2-18-10-9-15(7-3-4-8-15)12-5-6-13(16)14(17)11-12;1-2/h5-6,11,18H,2-4,7-10H2,1H3;1-2H3. The SMILES string of the molecule is CC.CCNCCC1(c2ccc(Cl)c(Cl)c2)CCCC1. The summed E-state index contributed by atoms with van der Waals surface area (Å²) in [5.41, 5.74) is 1.68. The van der Waals surface area contributed by atoms with Gasteiger partial charge in [-0.05, 0) is 55.5 Å². The van der Waals surface area contributed by atoms with Crippen LogP contribution in [0, 0.1) is 0 Å². The third-order valence-electron chi connectivity index (χ3n) is 4.12. The Bertz CT molecular complexity index is 398. The zero-order valence-electron chi connectivity index (χ0n) is 12.9. The van der Waals surface area contributed by atoms with E-state index in [1.807, 2.05) is 19.9 Å². The van der Waals surface area contributed by atoms with Crippen molar-refractivity contribution in [3.8, 4) is 0 Å². The molecular formula is C17H27Cl2N. The molecular weight excluding hydrogens is 289 g/mol. The third-order valence-corrected chi connectivity index (χ3v) is 4.86. The first-order chi connectivity index (χ1) is 9.68. The van der Waals surface area contributed by atoms with Crippen LogP contribution in [0.4, 0.5) is 0 Å². The van der Waals surface area contributed by atoms with E-state index in [9.17, 15) is 0 Å². The summed E-state index contributed by atoms with van der Waals surface area (Å²) in [7, 11) is 0. The maximum absolute atomic E-state index is 6.17. The van der Waals surface area contributed by atoms with Crippen LogP contribution in [-0.4, -0.2) is 13.1 Å². The molecule has 2 rings (SSSR count). The van der Waals surface area contributed by atoms with Gasteiger partial charge in [-0.25, -0.2) is 0 Å². The van der Waals surface area contributed by atoms with Crippen LogP contribution in [0.25, 0.3) is 0 Å². The number of halogens is 2. The van der Waals surface area contributed by atoms with Crippen LogP contribution in [0.2, 0.25) is 10.0 Å². The van der Waals surface area contributed by atoms with Crippen molar-refractivity contribution in [2.24, 2.45) is 0 Å². The molecule has 1 nitrogen and oxygen atoms in total. The molecule has 0 radical (unpaired) electrons. The number of hydrogen-bond acceptors (Lipinski definition) is 1. The highest BCUT2D eigenvalue weighted by molar-refractivity contribution is 6.42. The fourth-order valence-electron chi connectivity index (χ4n) is 3.07. The van der Waals surface area contributed by atoms with Gasteiger partial charge in [-0.3, -0.25) is 0 Å². The molecule has 0 amide bonds. The van der Waals surface area contributed by atoms with Gasteiger partial charge in [0, 0.05) is 0 Å². The summed E-state index contributed by atoms with van der Waals surface area (Å²) in [6, 6.07) is 6.17. The first kappa shape index (κ1) is 17.8. The second-order valence-corrected chi connectivity index (χ2v) is 6.03. The van der Waals surface area contributed by atoms with Gasteiger partial charge in [-0.15, -0.1) is 0 Å². The second kappa shape index (κ2) is 8.92. The molecule has 0 aromatic heterocycles. The van der Waals surface area contributed by atoms with Crippen LogP contribution in [-0.2, 0) is 5.41 Å². The number of benzene rings is 1. The quantitative estimate of drug-likeness (QED) is 0.674. The Labute approximate surface area is 134 Å². The van der Waals surface area contributed by atoms with E-state index >= 15 is 0 Å². The lowest BCUT2D eigenvalue weighted by Gasteiger charge is -2.30. The molecule has 1 fully saturated rings. The van der Waals surface area contributed by atoms with Crippen LogP contribution < -0.4 is 5.32 Å². The molecule has 1 aliphatic rings. The molecule has 1 N–H and O–H groups in total. The largest absolute Gasteiger partial charge is 0.317 e. The minimum Gasteiger partial charge on any atom is -0.317 e. The van der Waals surface area contributed by atoms with Gasteiger partial charge in [-0.1, -0.05) is 62.9 Å². The summed E-state index contributed by atoms with van der Waals surface area (Å²) in [6.45, 7) is 8.27. The molecule has 0 spiro atoms. The van der Waals surface area contributed by atoms with Gasteiger partial charge in [0.1, 0.15) is 0 Å². The first-order valence-electron chi connectivity index (χ1n) is 7.84. The van der Waals surface area contributed by atoms with E-state index < -0.39 is 0 Å². The topological polar surface area (TPSA) is 12.0 Å². The Balaban J connectivity index is 0.000000956. The van der Waals surface area contributed by atoms with Crippen LogP contribution in [0.1, 0.15) is 58.4 Å². The maximum Gasteiger partial charge on any atom is 0.0595 e. The summed E-state index contributed by atoms with van der Waals surface area (Å²) < 4.78 is 0. The lowest BCUT2D eigenvalue weighted by atomic mass is 9.76. The van der Waals surface area contributed by atoms with Crippen molar-refractivity contribution in [2.75, 3.05) is 13.1 Å². The predicted octanol–water partition coefficient (Wildman–Crippen LogP) is 5.83. The molecule has 0 heterocycles.